The van der Waals surface area contributed by atoms with E-state index in [4.69, 9.17) is 16.2 Å². The lowest BCUT2D eigenvalue weighted by molar-refractivity contribution is -0.131. The maximum atomic E-state index is 10.9. The molecule has 0 aromatic heterocycles. The van der Waals surface area contributed by atoms with Crippen LogP contribution in [0, 0.1) is 12.5 Å². The molecule has 1 aromatic carbocycles. The first-order chi connectivity index (χ1) is 8.90. The van der Waals surface area contributed by atoms with Gasteiger partial charge in [-0.25, -0.2) is 4.79 Å². The van der Waals surface area contributed by atoms with E-state index in [-0.39, 0.29) is 5.91 Å². The number of benzene rings is 1. The lowest BCUT2D eigenvalue weighted by Gasteiger charge is -2.06. The Kier molecular flexibility index (Phi) is 7.10. The zero-order valence-electron chi connectivity index (χ0n) is 10.5. The van der Waals surface area contributed by atoms with Gasteiger partial charge in [0.2, 0.25) is 5.91 Å². The Bertz CT molecular complexity index is 532. The number of hydrogen-bond acceptors (Lipinski definition) is 3. The summed E-state index contributed by atoms with van der Waals surface area (Å²) in [5.74, 6) is -1.15. The number of carboxylic acids is 1. The van der Waals surface area contributed by atoms with Crippen LogP contribution in [0.2, 0.25) is 0 Å². The minimum Gasteiger partial charge on any atom is -0.478 e. The number of amides is 1. The van der Waals surface area contributed by atoms with Crippen molar-refractivity contribution < 1.29 is 14.7 Å². The summed E-state index contributed by atoms with van der Waals surface area (Å²) in [7, 11) is 0. The third-order valence-corrected chi connectivity index (χ3v) is 1.99. The third kappa shape index (κ3) is 7.19. The molecule has 100 valence electrons. The van der Waals surface area contributed by atoms with Gasteiger partial charge >= 0.3 is 5.97 Å². The molecule has 1 amide bonds. The fourth-order valence-electron chi connectivity index (χ4n) is 1.24. The maximum absolute atomic E-state index is 10.9. The highest BCUT2D eigenvalue weighted by molar-refractivity contribution is 5.90. The monoisotopic (exact) mass is 262 g/mol. The number of aryl methyl sites for hydroxylation is 1. The summed E-state index contributed by atoms with van der Waals surface area (Å²) in [6, 6.07) is 5.35. The SMILES string of the molecule is CC(=O)Nc1cc(C=CC(=O)O)ccc1C.[N-]=[N+]=N. The molecule has 0 atom stereocenters. The summed E-state index contributed by atoms with van der Waals surface area (Å²) >= 11 is 0. The summed E-state index contributed by atoms with van der Waals surface area (Å²) in [6.07, 6.45) is 2.54. The standard InChI is InChI=1S/C12H13NO3.HN3/c1-8-3-4-10(5-6-12(15)16)7-11(8)13-9(2)14;1-3-2/h3-7H,1-2H3,(H,13,14)(H,15,16);1H. The number of aliphatic carboxylic acids is 1. The van der Waals surface area contributed by atoms with Gasteiger partial charge in [0, 0.05) is 18.7 Å². The molecule has 0 spiro atoms. The van der Waals surface area contributed by atoms with Crippen LogP contribution in [0.3, 0.4) is 0 Å². The van der Waals surface area contributed by atoms with E-state index in [1.807, 2.05) is 13.0 Å². The van der Waals surface area contributed by atoms with Crippen LogP contribution in [0.15, 0.2) is 24.3 Å². The maximum Gasteiger partial charge on any atom is 0.328 e. The number of anilines is 1. The van der Waals surface area contributed by atoms with Crippen molar-refractivity contribution in [3.8, 4) is 0 Å². The first-order valence-corrected chi connectivity index (χ1v) is 5.20. The van der Waals surface area contributed by atoms with Crippen LogP contribution >= 0.6 is 0 Å². The van der Waals surface area contributed by atoms with Crippen LogP contribution in [0.4, 0.5) is 5.69 Å². The molecule has 0 aliphatic heterocycles. The van der Waals surface area contributed by atoms with E-state index in [1.165, 1.54) is 13.0 Å². The summed E-state index contributed by atoms with van der Waals surface area (Å²) in [5.41, 5.74) is 14.6. The predicted octanol–water partition coefficient (Wildman–Crippen LogP) is 2.93. The number of nitrogens with zero attached hydrogens (tertiary/aromatic N) is 2. The van der Waals surface area contributed by atoms with Crippen molar-refractivity contribution in [2.24, 2.45) is 0 Å². The van der Waals surface area contributed by atoms with Gasteiger partial charge in [0.1, 0.15) is 0 Å². The molecule has 3 N–H and O–H groups in total. The van der Waals surface area contributed by atoms with Crippen LogP contribution < -0.4 is 5.32 Å². The van der Waals surface area contributed by atoms with E-state index in [0.29, 0.717) is 5.69 Å². The highest BCUT2D eigenvalue weighted by Crippen LogP contribution is 2.17. The fourth-order valence-corrected chi connectivity index (χ4v) is 1.24. The molecule has 0 aliphatic carbocycles. The van der Waals surface area contributed by atoms with Crippen LogP contribution in [0.1, 0.15) is 18.1 Å². The van der Waals surface area contributed by atoms with Gasteiger partial charge in [-0.05, 0) is 40.6 Å². The largest absolute Gasteiger partial charge is 0.478 e. The number of carbonyl (C=O) groups excluding carboxylic acids is 1. The van der Waals surface area contributed by atoms with Gasteiger partial charge in [-0.15, -0.1) is 5.53 Å². The molecular formula is C12H14N4O3. The highest BCUT2D eigenvalue weighted by Gasteiger charge is 2.00. The van der Waals surface area contributed by atoms with E-state index in [2.05, 4.69) is 5.32 Å². The summed E-state index contributed by atoms with van der Waals surface area (Å²) < 4.78 is 0. The first kappa shape index (κ1) is 16.2. The number of rotatable bonds is 3. The first-order valence-electron chi connectivity index (χ1n) is 5.20. The highest BCUT2D eigenvalue weighted by atomic mass is 16.4. The van der Waals surface area contributed by atoms with Crippen molar-refractivity contribution >= 4 is 23.6 Å². The van der Waals surface area contributed by atoms with Crippen molar-refractivity contribution in [2.75, 3.05) is 5.32 Å². The number of hydrogen-bond donors (Lipinski definition) is 3. The van der Waals surface area contributed by atoms with Gasteiger partial charge < -0.3 is 10.4 Å². The lowest BCUT2D eigenvalue weighted by Crippen LogP contribution is -2.07. The zero-order chi connectivity index (χ0) is 14.8. The number of carboxylic acid groups (broad SMARTS) is 1. The van der Waals surface area contributed by atoms with E-state index in [9.17, 15) is 9.59 Å². The van der Waals surface area contributed by atoms with Crippen LogP contribution in [-0.2, 0) is 9.59 Å². The molecule has 7 heteroatoms. The average Bonchev–Trinajstić information content (AvgIpc) is 2.30. The molecule has 0 bridgehead atoms. The molecule has 1 rings (SSSR count). The predicted molar refractivity (Wildman–Crippen MR) is 71.6 cm³/mol. The van der Waals surface area contributed by atoms with Crippen molar-refractivity contribution in [2.45, 2.75) is 13.8 Å². The van der Waals surface area contributed by atoms with E-state index in [0.717, 1.165) is 17.2 Å². The number of nitrogens with one attached hydrogen (secondary N) is 2. The fraction of sp³-hybridized carbons (Fsp3) is 0.167. The van der Waals surface area contributed by atoms with Gasteiger partial charge in [0.15, 0.2) is 0 Å². The molecule has 0 fully saturated rings. The third-order valence-electron chi connectivity index (χ3n) is 1.99. The molecule has 19 heavy (non-hydrogen) atoms. The zero-order valence-corrected chi connectivity index (χ0v) is 10.5. The van der Waals surface area contributed by atoms with Gasteiger partial charge in [0.05, 0.1) is 0 Å². The van der Waals surface area contributed by atoms with Gasteiger partial charge in [-0.2, -0.15) is 0 Å². The lowest BCUT2D eigenvalue weighted by atomic mass is 10.1. The Morgan fingerprint density at radius 1 is 1.47 bits per heavy atom. The van der Waals surface area contributed by atoms with Gasteiger partial charge in [0.25, 0.3) is 0 Å². The summed E-state index contributed by atoms with van der Waals surface area (Å²) in [5, 5.41) is 11.2. The van der Waals surface area contributed by atoms with Crippen molar-refractivity contribution in [1.29, 1.82) is 5.53 Å². The second kappa shape index (κ2) is 8.32. The molecule has 0 aliphatic rings. The molecular weight excluding hydrogens is 248 g/mol. The smallest absolute Gasteiger partial charge is 0.328 e. The van der Waals surface area contributed by atoms with Gasteiger partial charge in [-0.1, -0.05) is 12.1 Å². The van der Waals surface area contributed by atoms with Gasteiger partial charge in [-0.3, -0.25) is 4.79 Å². The Labute approximate surface area is 110 Å². The molecule has 1 aromatic rings. The van der Waals surface area contributed by atoms with Crippen molar-refractivity contribution in [1.82, 2.24) is 0 Å². The Morgan fingerprint density at radius 3 is 2.53 bits per heavy atom. The molecule has 7 nitrogen and oxygen atoms in total. The molecule has 0 heterocycles. The average molecular weight is 262 g/mol. The van der Waals surface area contributed by atoms with E-state index >= 15 is 0 Å². The van der Waals surface area contributed by atoms with Crippen molar-refractivity contribution in [3.63, 3.8) is 0 Å². The molecule has 0 saturated heterocycles. The van der Waals surface area contributed by atoms with Crippen LogP contribution in [0.5, 0.6) is 0 Å². The van der Waals surface area contributed by atoms with Crippen molar-refractivity contribution in [3.05, 3.63) is 45.8 Å². The molecule has 0 radical (unpaired) electrons. The second-order valence-electron chi connectivity index (χ2n) is 3.53. The topological polar surface area (TPSA) is 127 Å². The van der Waals surface area contributed by atoms with E-state index < -0.39 is 5.97 Å². The Balaban J connectivity index is 0.000000982. The Morgan fingerprint density at radius 2 is 2.05 bits per heavy atom. The summed E-state index contributed by atoms with van der Waals surface area (Å²) in [6.45, 7) is 3.30. The van der Waals surface area contributed by atoms with E-state index in [1.54, 1.807) is 17.0 Å². The second-order valence-corrected chi connectivity index (χ2v) is 3.53. The normalized spacial score (nSPS) is 9.16. The molecule has 0 saturated carbocycles. The van der Waals surface area contributed by atoms with Crippen LogP contribution in [-0.4, -0.2) is 17.0 Å². The Hall–Kier alpha value is -2.79. The minimum absolute atomic E-state index is 0.150. The minimum atomic E-state index is -0.998. The number of carbonyl (C=O) groups is 2. The molecule has 0 unspecified atom stereocenters. The summed E-state index contributed by atoms with van der Waals surface area (Å²) in [4.78, 5) is 23.0. The van der Waals surface area contributed by atoms with Crippen LogP contribution in [0.25, 0.3) is 16.5 Å². The quantitative estimate of drug-likeness (QED) is 0.335.